The Morgan fingerprint density at radius 2 is 1.94 bits per heavy atom. The van der Waals surface area contributed by atoms with E-state index in [1.165, 1.54) is 0 Å². The fraction of sp³-hybridized carbons (Fsp3) is 0.273. The predicted octanol–water partition coefficient (Wildman–Crippen LogP) is 4.49. The van der Waals surface area contributed by atoms with E-state index in [9.17, 15) is 0 Å². The highest BCUT2D eigenvalue weighted by Crippen LogP contribution is 2.41. The van der Waals surface area contributed by atoms with Crippen LogP contribution in [0.3, 0.4) is 0 Å². The van der Waals surface area contributed by atoms with E-state index in [1.807, 2.05) is 45.5 Å². The summed E-state index contributed by atoms with van der Waals surface area (Å²) in [6, 6.07) is 4.06. The van der Waals surface area contributed by atoms with Gasteiger partial charge in [0.1, 0.15) is 28.8 Å². The SMILES string of the molecule is COc1cc2c(cc1-c1c(C)noc1C)[nH]c1nc(C)nc(Nc3cnn(C)c3C)c12. The number of H-pyrrole nitrogens is 1. The quantitative estimate of drug-likeness (QED) is 0.444. The molecule has 0 saturated heterocycles. The smallest absolute Gasteiger partial charge is 0.144 e. The van der Waals surface area contributed by atoms with Crippen LogP contribution in [0, 0.1) is 27.7 Å². The molecule has 0 radical (unpaired) electrons. The van der Waals surface area contributed by atoms with Crippen LogP contribution in [-0.2, 0) is 7.05 Å². The van der Waals surface area contributed by atoms with Gasteiger partial charge in [0.15, 0.2) is 0 Å². The maximum Gasteiger partial charge on any atom is 0.144 e. The lowest BCUT2D eigenvalue weighted by molar-refractivity contribution is 0.393. The Morgan fingerprint density at radius 1 is 1.13 bits per heavy atom. The number of aromatic amines is 1. The Balaban J connectivity index is 1.77. The lowest BCUT2D eigenvalue weighted by Gasteiger charge is -2.10. The molecular formula is C22H23N7O2. The van der Waals surface area contributed by atoms with Crippen LogP contribution >= 0.6 is 0 Å². The van der Waals surface area contributed by atoms with E-state index < -0.39 is 0 Å². The number of rotatable bonds is 4. The van der Waals surface area contributed by atoms with Gasteiger partial charge in [-0.15, -0.1) is 0 Å². The van der Waals surface area contributed by atoms with Crippen molar-refractivity contribution >= 4 is 33.4 Å². The lowest BCUT2D eigenvalue weighted by Crippen LogP contribution is -2.00. The highest BCUT2D eigenvalue weighted by atomic mass is 16.5. The van der Waals surface area contributed by atoms with Crippen LogP contribution in [0.2, 0.25) is 0 Å². The third-order valence-corrected chi connectivity index (χ3v) is 5.67. The number of benzene rings is 1. The summed E-state index contributed by atoms with van der Waals surface area (Å²) in [5.74, 6) is 2.86. The van der Waals surface area contributed by atoms with Gasteiger partial charge < -0.3 is 19.6 Å². The van der Waals surface area contributed by atoms with Crippen LogP contribution in [0.1, 0.15) is 23.0 Å². The summed E-state index contributed by atoms with van der Waals surface area (Å²) in [7, 11) is 3.57. The molecule has 4 aromatic heterocycles. The summed E-state index contributed by atoms with van der Waals surface area (Å²) in [5.41, 5.74) is 6.26. The van der Waals surface area contributed by atoms with Gasteiger partial charge in [-0.3, -0.25) is 4.68 Å². The first kappa shape index (κ1) is 19.1. The minimum absolute atomic E-state index is 0.668. The number of nitrogens with one attached hydrogen (secondary N) is 2. The molecule has 0 aliphatic rings. The van der Waals surface area contributed by atoms with Gasteiger partial charge in [0.2, 0.25) is 0 Å². The number of fused-ring (bicyclic) bond motifs is 3. The summed E-state index contributed by atoms with van der Waals surface area (Å²) in [5, 5.41) is 13.7. The normalized spacial score (nSPS) is 11.5. The van der Waals surface area contributed by atoms with Gasteiger partial charge >= 0.3 is 0 Å². The second-order valence-corrected chi connectivity index (χ2v) is 7.66. The van der Waals surface area contributed by atoms with E-state index >= 15 is 0 Å². The number of nitrogens with zero attached hydrogens (tertiary/aromatic N) is 5. The van der Waals surface area contributed by atoms with E-state index in [2.05, 4.69) is 36.6 Å². The van der Waals surface area contributed by atoms with Gasteiger partial charge in [0.05, 0.1) is 41.3 Å². The molecule has 0 aliphatic carbocycles. The molecule has 0 amide bonds. The van der Waals surface area contributed by atoms with Crippen LogP contribution < -0.4 is 10.1 Å². The standard InChI is InChI=1S/C22H23N7O2/c1-10-19(12(3)31-28-10)15-7-16-14(8-18(15)30-6)20-21(26-16)24-13(4)25-22(20)27-17-9-23-29(5)11(17)2/h7-9H,1-6H3,(H2,24,25,26,27). The van der Waals surface area contributed by atoms with Crippen LogP contribution in [0.15, 0.2) is 22.9 Å². The van der Waals surface area contributed by atoms with Crippen molar-refractivity contribution in [2.75, 3.05) is 12.4 Å². The molecule has 9 heteroatoms. The monoisotopic (exact) mass is 417 g/mol. The highest BCUT2D eigenvalue weighted by Gasteiger charge is 2.21. The van der Waals surface area contributed by atoms with Crippen molar-refractivity contribution in [1.29, 1.82) is 0 Å². The summed E-state index contributed by atoms with van der Waals surface area (Å²) in [6.07, 6.45) is 1.80. The van der Waals surface area contributed by atoms with Crippen LogP contribution in [-0.4, -0.2) is 37.0 Å². The molecule has 5 aromatic rings. The number of methoxy groups -OCH3 is 1. The van der Waals surface area contributed by atoms with E-state index in [0.29, 0.717) is 5.82 Å². The third kappa shape index (κ3) is 2.92. The first-order valence-electron chi connectivity index (χ1n) is 9.94. The number of aryl methyl sites for hydroxylation is 4. The van der Waals surface area contributed by atoms with Gasteiger partial charge in [-0.25, -0.2) is 9.97 Å². The molecule has 0 saturated carbocycles. The molecule has 0 aliphatic heterocycles. The van der Waals surface area contributed by atoms with Gasteiger partial charge in [-0.05, 0) is 39.8 Å². The Kier molecular flexibility index (Phi) is 4.21. The minimum atomic E-state index is 0.668. The maximum absolute atomic E-state index is 5.75. The molecule has 158 valence electrons. The average molecular weight is 417 g/mol. The topological polar surface area (TPSA) is 107 Å². The zero-order valence-electron chi connectivity index (χ0n) is 18.3. The van der Waals surface area contributed by atoms with Crippen molar-refractivity contribution in [3.63, 3.8) is 0 Å². The van der Waals surface area contributed by atoms with Crippen molar-refractivity contribution < 1.29 is 9.26 Å². The molecule has 5 rings (SSSR count). The third-order valence-electron chi connectivity index (χ3n) is 5.67. The molecule has 0 fully saturated rings. The Morgan fingerprint density at radius 3 is 2.58 bits per heavy atom. The first-order chi connectivity index (χ1) is 14.9. The molecule has 9 nitrogen and oxygen atoms in total. The van der Waals surface area contributed by atoms with Gasteiger partial charge in [0, 0.05) is 23.5 Å². The highest BCUT2D eigenvalue weighted by molar-refractivity contribution is 6.13. The maximum atomic E-state index is 5.75. The zero-order valence-corrected chi connectivity index (χ0v) is 18.3. The van der Waals surface area contributed by atoms with Crippen molar-refractivity contribution in [3.8, 4) is 16.9 Å². The molecular weight excluding hydrogens is 394 g/mol. The fourth-order valence-corrected chi connectivity index (χ4v) is 4.01. The number of hydrogen-bond donors (Lipinski definition) is 2. The van der Waals surface area contributed by atoms with E-state index in [0.717, 1.165) is 67.5 Å². The molecule has 1 aromatic carbocycles. The zero-order chi connectivity index (χ0) is 21.9. The van der Waals surface area contributed by atoms with Gasteiger partial charge in [-0.2, -0.15) is 5.10 Å². The van der Waals surface area contributed by atoms with E-state index in [1.54, 1.807) is 13.3 Å². The van der Waals surface area contributed by atoms with E-state index in [4.69, 9.17) is 9.26 Å². The summed E-state index contributed by atoms with van der Waals surface area (Å²) in [6.45, 7) is 7.71. The largest absolute Gasteiger partial charge is 0.496 e. The fourth-order valence-electron chi connectivity index (χ4n) is 4.01. The Bertz CT molecular complexity index is 1440. The molecule has 0 unspecified atom stereocenters. The van der Waals surface area contributed by atoms with Crippen LogP contribution in [0.5, 0.6) is 5.75 Å². The summed E-state index contributed by atoms with van der Waals surface area (Å²) >= 11 is 0. The average Bonchev–Trinajstić information content (AvgIpc) is 3.36. The molecule has 31 heavy (non-hydrogen) atoms. The second kappa shape index (κ2) is 6.83. The van der Waals surface area contributed by atoms with Crippen molar-refractivity contribution in [3.05, 3.63) is 41.3 Å². The van der Waals surface area contributed by atoms with Gasteiger partial charge in [-0.1, -0.05) is 5.16 Å². The number of hydrogen-bond acceptors (Lipinski definition) is 7. The predicted molar refractivity (Wildman–Crippen MR) is 119 cm³/mol. The molecule has 0 bridgehead atoms. The molecule has 0 atom stereocenters. The Labute approximate surface area is 178 Å². The van der Waals surface area contributed by atoms with Crippen molar-refractivity contribution in [2.45, 2.75) is 27.7 Å². The second-order valence-electron chi connectivity index (χ2n) is 7.66. The lowest BCUT2D eigenvalue weighted by atomic mass is 10.0. The first-order valence-corrected chi connectivity index (χ1v) is 9.94. The van der Waals surface area contributed by atoms with E-state index in [-0.39, 0.29) is 0 Å². The van der Waals surface area contributed by atoms with Crippen molar-refractivity contribution in [1.82, 2.24) is 29.9 Å². The molecule has 4 heterocycles. The minimum Gasteiger partial charge on any atom is -0.496 e. The van der Waals surface area contributed by atoms with Crippen LogP contribution in [0.4, 0.5) is 11.5 Å². The number of anilines is 2. The molecule has 2 N–H and O–H groups in total. The molecule has 0 spiro atoms. The van der Waals surface area contributed by atoms with Gasteiger partial charge in [0.25, 0.3) is 0 Å². The van der Waals surface area contributed by atoms with Crippen molar-refractivity contribution in [2.24, 2.45) is 7.05 Å². The Hall–Kier alpha value is -3.88. The summed E-state index contributed by atoms with van der Waals surface area (Å²) < 4.78 is 13.0. The van der Waals surface area contributed by atoms with Crippen LogP contribution in [0.25, 0.3) is 33.1 Å². The number of ether oxygens (including phenoxy) is 1. The summed E-state index contributed by atoms with van der Waals surface area (Å²) in [4.78, 5) is 12.7. The number of aromatic nitrogens is 6.